The van der Waals surface area contributed by atoms with Crippen molar-refractivity contribution in [2.24, 2.45) is 0 Å². The molecule has 1 heterocycles. The minimum absolute atomic E-state index is 0.111. The van der Waals surface area contributed by atoms with Gasteiger partial charge in [0.1, 0.15) is 23.9 Å². The molecule has 1 fully saturated rings. The number of nitrogens with zero attached hydrogens (tertiary/aromatic N) is 1. The molecule has 3 aromatic carbocycles. The number of rotatable bonds is 8. The third-order valence-electron chi connectivity index (χ3n) is 5.56. The zero-order chi connectivity index (χ0) is 23.0. The summed E-state index contributed by atoms with van der Waals surface area (Å²) in [6.07, 6.45) is 2.19. The van der Waals surface area contributed by atoms with E-state index >= 15 is 0 Å². The molecule has 0 spiro atoms. The van der Waals surface area contributed by atoms with E-state index in [1.165, 1.54) is 0 Å². The topological polar surface area (TPSA) is 94.9 Å². The number of piperidine rings is 1. The summed E-state index contributed by atoms with van der Waals surface area (Å²) in [6, 6.07) is 24.3. The molecule has 7 nitrogen and oxygen atoms in total. The summed E-state index contributed by atoms with van der Waals surface area (Å²) in [5, 5.41) is 16.8. The van der Waals surface area contributed by atoms with Gasteiger partial charge in [0, 0.05) is 24.2 Å². The van der Waals surface area contributed by atoms with Gasteiger partial charge >= 0.3 is 0 Å². The highest BCUT2D eigenvalue weighted by atomic mass is 16.5. The number of ether oxygens (including phenoxy) is 2. The van der Waals surface area contributed by atoms with Gasteiger partial charge in [-0.2, -0.15) is 0 Å². The van der Waals surface area contributed by atoms with Crippen LogP contribution in [0.15, 0.2) is 78.9 Å². The maximum atomic E-state index is 12.2. The zero-order valence-electron chi connectivity index (χ0n) is 18.2. The molecule has 0 radical (unpaired) electrons. The molecule has 1 saturated heterocycles. The molecular weight excluding hydrogens is 418 g/mol. The standard InChI is InChI=1S/C26H27N3O4/c27-26(28-31)20-9-6-10-23(17-20)33-24(19-7-2-1-3-8-19)18-32-22-14-12-21(13-15-22)29-16-5-4-11-25(29)30/h1-3,6-10,12-15,17,24,31H,4-5,11,16,18H2,(H2,27,28). The molecule has 0 bridgehead atoms. The van der Waals surface area contributed by atoms with Crippen LogP contribution in [-0.2, 0) is 4.79 Å². The van der Waals surface area contributed by atoms with Crippen LogP contribution in [0.1, 0.15) is 36.5 Å². The minimum Gasteiger partial charge on any atom is -0.489 e. The van der Waals surface area contributed by atoms with Crippen molar-refractivity contribution in [2.75, 3.05) is 18.1 Å². The SMILES string of the molecule is N=C(NO)c1cccc(OC(COc2ccc(N3CCCCC3=O)cc2)c2ccccc2)c1. The lowest BCUT2D eigenvalue weighted by Crippen LogP contribution is -2.35. The van der Waals surface area contributed by atoms with Crippen LogP contribution in [-0.4, -0.2) is 30.1 Å². The number of carbonyl (C=O) groups is 1. The third kappa shape index (κ3) is 5.70. The summed E-state index contributed by atoms with van der Waals surface area (Å²) in [5.41, 5.74) is 4.20. The number of anilines is 1. The first-order valence-corrected chi connectivity index (χ1v) is 11.0. The summed E-state index contributed by atoms with van der Waals surface area (Å²) in [5.74, 6) is 1.30. The molecule has 1 amide bonds. The predicted molar refractivity (Wildman–Crippen MR) is 126 cm³/mol. The summed E-state index contributed by atoms with van der Waals surface area (Å²) in [7, 11) is 0. The Kier molecular flexibility index (Phi) is 7.22. The highest BCUT2D eigenvalue weighted by Crippen LogP contribution is 2.27. The zero-order valence-corrected chi connectivity index (χ0v) is 18.2. The van der Waals surface area contributed by atoms with E-state index in [-0.39, 0.29) is 24.5 Å². The van der Waals surface area contributed by atoms with Crippen LogP contribution in [0.4, 0.5) is 5.69 Å². The molecule has 0 saturated carbocycles. The lowest BCUT2D eigenvalue weighted by Gasteiger charge is -2.27. The van der Waals surface area contributed by atoms with Crippen molar-refractivity contribution in [1.29, 1.82) is 5.41 Å². The van der Waals surface area contributed by atoms with Crippen molar-refractivity contribution in [2.45, 2.75) is 25.4 Å². The molecule has 1 atom stereocenters. The van der Waals surface area contributed by atoms with E-state index in [0.29, 0.717) is 23.5 Å². The van der Waals surface area contributed by atoms with Gasteiger partial charge in [0.25, 0.3) is 0 Å². The number of hydrogen-bond donors (Lipinski definition) is 3. The normalized spacial score (nSPS) is 14.5. The maximum absolute atomic E-state index is 12.2. The van der Waals surface area contributed by atoms with Crippen LogP contribution in [0.5, 0.6) is 11.5 Å². The van der Waals surface area contributed by atoms with E-state index in [0.717, 1.165) is 30.6 Å². The summed E-state index contributed by atoms with van der Waals surface area (Å²) in [6.45, 7) is 1.03. The molecular formula is C26H27N3O4. The van der Waals surface area contributed by atoms with Crippen LogP contribution >= 0.6 is 0 Å². The Labute approximate surface area is 193 Å². The number of hydroxylamine groups is 1. The molecule has 3 aromatic rings. The smallest absolute Gasteiger partial charge is 0.226 e. The molecule has 7 heteroatoms. The number of benzene rings is 3. The summed E-state index contributed by atoms with van der Waals surface area (Å²) in [4.78, 5) is 14.0. The number of nitrogens with one attached hydrogen (secondary N) is 2. The van der Waals surface area contributed by atoms with E-state index < -0.39 is 0 Å². The first kappa shape index (κ1) is 22.4. The Morgan fingerprint density at radius 3 is 2.52 bits per heavy atom. The molecule has 1 aliphatic heterocycles. The Morgan fingerprint density at radius 1 is 1.00 bits per heavy atom. The van der Waals surface area contributed by atoms with Gasteiger partial charge in [-0.05, 0) is 54.8 Å². The second kappa shape index (κ2) is 10.7. The van der Waals surface area contributed by atoms with E-state index in [1.807, 2.05) is 65.0 Å². The van der Waals surface area contributed by atoms with Crippen LogP contribution < -0.4 is 19.9 Å². The van der Waals surface area contributed by atoms with Crippen molar-refractivity contribution in [3.63, 3.8) is 0 Å². The van der Waals surface area contributed by atoms with Crippen molar-refractivity contribution in [1.82, 2.24) is 5.48 Å². The van der Waals surface area contributed by atoms with Gasteiger partial charge in [-0.15, -0.1) is 0 Å². The van der Waals surface area contributed by atoms with E-state index in [2.05, 4.69) is 0 Å². The quantitative estimate of drug-likeness (QED) is 0.265. The molecule has 1 aliphatic rings. The average Bonchev–Trinajstić information content (AvgIpc) is 2.87. The number of amidine groups is 1. The van der Waals surface area contributed by atoms with Crippen molar-refractivity contribution >= 4 is 17.4 Å². The molecule has 3 N–H and O–H groups in total. The Morgan fingerprint density at radius 2 is 1.79 bits per heavy atom. The van der Waals surface area contributed by atoms with E-state index in [4.69, 9.17) is 20.1 Å². The van der Waals surface area contributed by atoms with Gasteiger partial charge in [0.15, 0.2) is 6.10 Å². The van der Waals surface area contributed by atoms with Gasteiger partial charge < -0.3 is 14.4 Å². The fraction of sp³-hybridized carbons (Fsp3) is 0.231. The third-order valence-corrected chi connectivity index (χ3v) is 5.56. The molecule has 0 aliphatic carbocycles. The Balaban J connectivity index is 1.46. The second-order valence-electron chi connectivity index (χ2n) is 7.84. The lowest BCUT2D eigenvalue weighted by atomic mass is 10.1. The monoisotopic (exact) mass is 445 g/mol. The summed E-state index contributed by atoms with van der Waals surface area (Å²) >= 11 is 0. The molecule has 4 rings (SSSR count). The van der Waals surface area contributed by atoms with Gasteiger partial charge in [-0.25, -0.2) is 0 Å². The molecule has 0 aromatic heterocycles. The molecule has 1 unspecified atom stereocenters. The van der Waals surface area contributed by atoms with Crippen LogP contribution in [0, 0.1) is 5.41 Å². The molecule has 33 heavy (non-hydrogen) atoms. The van der Waals surface area contributed by atoms with E-state index in [1.54, 1.807) is 24.3 Å². The Bertz CT molecular complexity index is 1090. The van der Waals surface area contributed by atoms with Crippen LogP contribution in [0.2, 0.25) is 0 Å². The average molecular weight is 446 g/mol. The van der Waals surface area contributed by atoms with Crippen molar-refractivity contribution < 1.29 is 19.5 Å². The predicted octanol–water partition coefficient (Wildman–Crippen LogP) is 4.71. The van der Waals surface area contributed by atoms with Crippen molar-refractivity contribution in [3.05, 3.63) is 90.0 Å². The number of carbonyl (C=O) groups excluding carboxylic acids is 1. The fourth-order valence-electron chi connectivity index (χ4n) is 3.79. The van der Waals surface area contributed by atoms with Gasteiger partial charge in [-0.3, -0.25) is 20.9 Å². The highest BCUT2D eigenvalue weighted by molar-refractivity contribution is 5.95. The van der Waals surface area contributed by atoms with Crippen molar-refractivity contribution in [3.8, 4) is 11.5 Å². The van der Waals surface area contributed by atoms with Gasteiger partial charge in [-0.1, -0.05) is 42.5 Å². The number of amides is 1. The molecule has 170 valence electrons. The van der Waals surface area contributed by atoms with Crippen LogP contribution in [0.3, 0.4) is 0 Å². The lowest BCUT2D eigenvalue weighted by molar-refractivity contribution is -0.119. The summed E-state index contributed by atoms with van der Waals surface area (Å²) < 4.78 is 12.2. The first-order chi connectivity index (χ1) is 16.1. The number of hydrogen-bond acceptors (Lipinski definition) is 5. The van der Waals surface area contributed by atoms with Gasteiger partial charge in [0.05, 0.1) is 0 Å². The van der Waals surface area contributed by atoms with Crippen LogP contribution in [0.25, 0.3) is 0 Å². The largest absolute Gasteiger partial charge is 0.489 e. The minimum atomic E-state index is -0.388. The van der Waals surface area contributed by atoms with E-state index in [9.17, 15) is 4.79 Å². The first-order valence-electron chi connectivity index (χ1n) is 11.0. The maximum Gasteiger partial charge on any atom is 0.226 e. The Hall–Kier alpha value is -3.84. The second-order valence-corrected chi connectivity index (χ2v) is 7.84. The van der Waals surface area contributed by atoms with Gasteiger partial charge in [0.2, 0.25) is 5.91 Å². The fourth-order valence-corrected chi connectivity index (χ4v) is 3.79. The highest BCUT2D eigenvalue weighted by Gasteiger charge is 2.20.